The molecule has 2 fully saturated rings. The zero-order chi connectivity index (χ0) is 11.4. The number of amidine groups is 1. The lowest BCUT2D eigenvalue weighted by Gasteiger charge is -2.33. The Morgan fingerprint density at radius 2 is 2.31 bits per heavy atom. The molecule has 0 aliphatic carbocycles. The Kier molecular flexibility index (Phi) is 3.98. The molecule has 3 N–H and O–H groups in total. The van der Waals surface area contributed by atoms with Gasteiger partial charge in [0.2, 0.25) is 0 Å². The van der Waals surface area contributed by atoms with E-state index >= 15 is 0 Å². The predicted octanol–water partition coefficient (Wildman–Crippen LogP) is -0.387. The fraction of sp³-hybridized carbons (Fsp3) is 0.900. The molecule has 2 aliphatic rings. The summed E-state index contributed by atoms with van der Waals surface area (Å²) in [5, 5.41) is 11.6. The first-order valence-corrected chi connectivity index (χ1v) is 5.72. The van der Waals surface area contributed by atoms with Crippen LogP contribution in [0.2, 0.25) is 0 Å². The molecular formula is C10H19N3O3. The molecule has 0 bridgehead atoms. The Bertz CT molecular complexity index is 254. The minimum absolute atomic E-state index is 0.150. The first-order valence-electron chi connectivity index (χ1n) is 5.72. The van der Waals surface area contributed by atoms with Gasteiger partial charge in [0.15, 0.2) is 5.84 Å². The molecule has 6 nitrogen and oxygen atoms in total. The fourth-order valence-corrected chi connectivity index (χ4v) is 2.19. The molecule has 2 saturated heterocycles. The zero-order valence-electron chi connectivity index (χ0n) is 9.34. The third-order valence-corrected chi connectivity index (χ3v) is 3.08. The Hall–Kier alpha value is -0.850. The van der Waals surface area contributed by atoms with E-state index < -0.39 is 0 Å². The summed E-state index contributed by atoms with van der Waals surface area (Å²) in [6, 6.07) is 0. The van der Waals surface area contributed by atoms with Crippen molar-refractivity contribution in [1.82, 2.24) is 4.90 Å². The summed E-state index contributed by atoms with van der Waals surface area (Å²) in [6.07, 6.45) is 2.33. The van der Waals surface area contributed by atoms with E-state index in [1.54, 1.807) is 0 Å². The smallest absolute Gasteiger partial charge is 0.169 e. The van der Waals surface area contributed by atoms with Gasteiger partial charge in [-0.05, 0) is 12.8 Å². The average Bonchev–Trinajstić information content (AvgIpc) is 2.81. The molecule has 2 unspecified atom stereocenters. The van der Waals surface area contributed by atoms with Gasteiger partial charge in [-0.25, -0.2) is 0 Å². The SMILES string of the molecule is NC(=NO)C1CN(CC2CCCO2)CCO1. The van der Waals surface area contributed by atoms with Crippen LogP contribution in [0.1, 0.15) is 12.8 Å². The lowest BCUT2D eigenvalue weighted by molar-refractivity contribution is -0.0164. The zero-order valence-corrected chi connectivity index (χ0v) is 9.34. The van der Waals surface area contributed by atoms with Gasteiger partial charge in [0, 0.05) is 26.2 Å². The number of hydrogen-bond acceptors (Lipinski definition) is 5. The number of rotatable bonds is 3. The number of ether oxygens (including phenoxy) is 2. The molecule has 0 saturated carbocycles. The Balaban J connectivity index is 1.81. The van der Waals surface area contributed by atoms with Gasteiger partial charge in [0.1, 0.15) is 6.10 Å². The largest absolute Gasteiger partial charge is 0.409 e. The van der Waals surface area contributed by atoms with Gasteiger partial charge in [-0.1, -0.05) is 5.16 Å². The van der Waals surface area contributed by atoms with Crippen LogP contribution in [0.4, 0.5) is 0 Å². The summed E-state index contributed by atoms with van der Waals surface area (Å²) >= 11 is 0. The highest BCUT2D eigenvalue weighted by Crippen LogP contribution is 2.15. The van der Waals surface area contributed by atoms with Crippen LogP contribution in [0.3, 0.4) is 0 Å². The molecule has 6 heteroatoms. The molecule has 2 aliphatic heterocycles. The predicted molar refractivity (Wildman–Crippen MR) is 58.6 cm³/mol. The minimum atomic E-state index is -0.292. The number of nitrogens with zero attached hydrogens (tertiary/aromatic N) is 2. The van der Waals surface area contributed by atoms with Gasteiger partial charge in [-0.3, -0.25) is 4.90 Å². The van der Waals surface area contributed by atoms with Crippen molar-refractivity contribution in [3.05, 3.63) is 0 Å². The number of oxime groups is 1. The molecule has 0 spiro atoms. The fourth-order valence-electron chi connectivity index (χ4n) is 2.19. The highest BCUT2D eigenvalue weighted by molar-refractivity contribution is 5.84. The van der Waals surface area contributed by atoms with E-state index in [0.717, 1.165) is 32.5 Å². The molecule has 92 valence electrons. The topological polar surface area (TPSA) is 80.3 Å². The lowest BCUT2D eigenvalue weighted by Crippen LogP contribution is -2.50. The van der Waals surface area contributed by atoms with Crippen molar-refractivity contribution in [2.24, 2.45) is 10.9 Å². The van der Waals surface area contributed by atoms with Crippen molar-refractivity contribution in [1.29, 1.82) is 0 Å². The molecule has 2 heterocycles. The first kappa shape index (κ1) is 11.6. The minimum Gasteiger partial charge on any atom is -0.409 e. The van der Waals surface area contributed by atoms with Crippen LogP contribution in [0, 0.1) is 0 Å². The third kappa shape index (κ3) is 2.84. The Labute approximate surface area is 95.0 Å². The number of nitrogens with two attached hydrogens (primary N) is 1. The van der Waals surface area contributed by atoms with Crippen molar-refractivity contribution in [2.45, 2.75) is 25.0 Å². The molecule has 0 amide bonds. The van der Waals surface area contributed by atoms with Crippen LogP contribution < -0.4 is 5.73 Å². The van der Waals surface area contributed by atoms with E-state index in [9.17, 15) is 0 Å². The number of morpholine rings is 1. The van der Waals surface area contributed by atoms with E-state index in [0.29, 0.717) is 19.3 Å². The molecule has 2 atom stereocenters. The monoisotopic (exact) mass is 229 g/mol. The standard InChI is InChI=1S/C10H19N3O3/c11-10(12-14)9-7-13(3-5-16-9)6-8-2-1-4-15-8/h8-9,14H,1-7H2,(H2,11,12). The van der Waals surface area contributed by atoms with E-state index in [-0.39, 0.29) is 11.9 Å². The summed E-state index contributed by atoms with van der Waals surface area (Å²) < 4.78 is 11.0. The maximum Gasteiger partial charge on any atom is 0.169 e. The van der Waals surface area contributed by atoms with Crippen molar-refractivity contribution in [2.75, 3.05) is 32.8 Å². The summed E-state index contributed by atoms with van der Waals surface area (Å²) in [5.41, 5.74) is 5.54. The molecule has 0 aromatic heterocycles. The number of hydrogen-bond donors (Lipinski definition) is 2. The van der Waals surface area contributed by atoms with Gasteiger partial charge in [0.25, 0.3) is 0 Å². The summed E-state index contributed by atoms with van der Waals surface area (Å²) in [4.78, 5) is 2.25. The normalized spacial score (nSPS) is 33.1. The Morgan fingerprint density at radius 3 is 3.00 bits per heavy atom. The van der Waals surface area contributed by atoms with Gasteiger partial charge >= 0.3 is 0 Å². The maximum absolute atomic E-state index is 8.60. The highest BCUT2D eigenvalue weighted by atomic mass is 16.5. The van der Waals surface area contributed by atoms with E-state index in [1.165, 1.54) is 0 Å². The molecule has 0 radical (unpaired) electrons. The van der Waals surface area contributed by atoms with Gasteiger partial charge in [-0.2, -0.15) is 0 Å². The molecule has 2 rings (SSSR count). The van der Waals surface area contributed by atoms with Crippen LogP contribution in [0.25, 0.3) is 0 Å². The summed E-state index contributed by atoms with van der Waals surface area (Å²) in [7, 11) is 0. The van der Waals surface area contributed by atoms with Crippen molar-refractivity contribution in [3.63, 3.8) is 0 Å². The summed E-state index contributed by atoms with van der Waals surface area (Å²) in [6.45, 7) is 3.97. The Morgan fingerprint density at radius 1 is 1.44 bits per heavy atom. The second-order valence-corrected chi connectivity index (χ2v) is 4.28. The second-order valence-electron chi connectivity index (χ2n) is 4.28. The van der Waals surface area contributed by atoms with Crippen molar-refractivity contribution < 1.29 is 14.7 Å². The molecule has 16 heavy (non-hydrogen) atoms. The van der Waals surface area contributed by atoms with Crippen LogP contribution in [0.15, 0.2) is 5.16 Å². The van der Waals surface area contributed by atoms with Gasteiger partial charge < -0.3 is 20.4 Å². The van der Waals surface area contributed by atoms with Gasteiger partial charge in [0.05, 0.1) is 12.7 Å². The van der Waals surface area contributed by atoms with Crippen molar-refractivity contribution in [3.8, 4) is 0 Å². The van der Waals surface area contributed by atoms with E-state index in [4.69, 9.17) is 20.4 Å². The molecule has 0 aromatic carbocycles. The lowest BCUT2D eigenvalue weighted by atomic mass is 10.2. The summed E-state index contributed by atoms with van der Waals surface area (Å²) in [5.74, 6) is 0.150. The van der Waals surface area contributed by atoms with E-state index in [2.05, 4.69) is 10.1 Å². The quantitative estimate of drug-likeness (QED) is 0.298. The van der Waals surface area contributed by atoms with Crippen LogP contribution >= 0.6 is 0 Å². The first-order chi connectivity index (χ1) is 7.79. The average molecular weight is 229 g/mol. The van der Waals surface area contributed by atoms with Crippen LogP contribution in [-0.4, -0.2) is 61.0 Å². The van der Waals surface area contributed by atoms with Crippen LogP contribution in [0.5, 0.6) is 0 Å². The second kappa shape index (κ2) is 5.47. The third-order valence-electron chi connectivity index (χ3n) is 3.08. The highest BCUT2D eigenvalue weighted by Gasteiger charge is 2.26. The molecular weight excluding hydrogens is 210 g/mol. The maximum atomic E-state index is 8.60. The van der Waals surface area contributed by atoms with Gasteiger partial charge in [-0.15, -0.1) is 0 Å². The van der Waals surface area contributed by atoms with Crippen LogP contribution in [-0.2, 0) is 9.47 Å². The molecule has 0 aromatic rings. The van der Waals surface area contributed by atoms with Crippen molar-refractivity contribution >= 4 is 5.84 Å². The van der Waals surface area contributed by atoms with E-state index in [1.807, 2.05) is 0 Å².